The van der Waals surface area contributed by atoms with Gasteiger partial charge < -0.3 is 0 Å². The van der Waals surface area contributed by atoms with Crippen LogP contribution in [0, 0.1) is 0 Å². The van der Waals surface area contributed by atoms with Gasteiger partial charge in [0.1, 0.15) is 0 Å². The summed E-state index contributed by atoms with van der Waals surface area (Å²) in [5.41, 5.74) is 7.82. The van der Waals surface area contributed by atoms with Gasteiger partial charge in [-0.1, -0.05) is 24.9 Å². The number of alkyl halides is 2. The lowest BCUT2D eigenvalue weighted by Gasteiger charge is -1.86. The van der Waals surface area contributed by atoms with Crippen LogP contribution >= 0.6 is 23.2 Å². The summed E-state index contributed by atoms with van der Waals surface area (Å²) in [7, 11) is 0. The fourth-order valence-electron chi connectivity index (χ4n) is 0.477. The molecule has 66 valence electrons. The van der Waals surface area contributed by atoms with E-state index in [0.29, 0.717) is 6.54 Å². The van der Waals surface area contributed by atoms with Crippen molar-refractivity contribution >= 4 is 23.2 Å². The van der Waals surface area contributed by atoms with Crippen LogP contribution in [-0.2, 0) is 0 Å². The lowest BCUT2D eigenvalue weighted by molar-refractivity contribution is 0.725. The van der Waals surface area contributed by atoms with E-state index in [1.54, 1.807) is 0 Å². The van der Waals surface area contributed by atoms with Gasteiger partial charge in [0.25, 0.3) is 0 Å². The molecule has 11 heavy (non-hydrogen) atoms. The van der Waals surface area contributed by atoms with Crippen molar-refractivity contribution in [3.8, 4) is 0 Å². The van der Waals surface area contributed by atoms with Gasteiger partial charge >= 0.3 is 0 Å². The van der Waals surface area contributed by atoms with Crippen molar-refractivity contribution < 1.29 is 0 Å². The van der Waals surface area contributed by atoms with Crippen LogP contribution in [0.4, 0.5) is 0 Å². The minimum Gasteiger partial charge on any atom is -0.109 e. The maximum atomic E-state index is 7.82. The standard InChI is InChI=1S/C5H11N3.CH2Cl2/c1-2-3-4-5-7-8-6;2-1-3/h2-5H2,1H3;1H2. The molecule has 0 radical (unpaired) electrons. The maximum absolute atomic E-state index is 7.82. The molecule has 0 spiro atoms. The molecule has 0 aliphatic heterocycles. The number of azide groups is 1. The van der Waals surface area contributed by atoms with Crippen molar-refractivity contribution in [3.05, 3.63) is 10.4 Å². The summed E-state index contributed by atoms with van der Waals surface area (Å²) in [5.74, 6) is 0. The molecular weight excluding hydrogens is 185 g/mol. The Bertz CT molecular complexity index is 102. The first kappa shape index (κ1) is 13.5. The van der Waals surface area contributed by atoms with E-state index in [1.807, 2.05) is 0 Å². The number of unbranched alkanes of at least 4 members (excludes halogenated alkanes) is 2. The first-order valence-electron chi connectivity index (χ1n) is 3.46. The summed E-state index contributed by atoms with van der Waals surface area (Å²) in [5, 5.41) is 3.58. The van der Waals surface area contributed by atoms with Gasteiger partial charge in [0, 0.05) is 11.5 Å². The molecule has 0 unspecified atom stereocenters. The van der Waals surface area contributed by atoms with Crippen LogP contribution in [0.1, 0.15) is 26.2 Å². The van der Waals surface area contributed by atoms with E-state index in [2.05, 4.69) is 16.9 Å². The SMILES string of the molecule is CCCCCN=[N+]=[N-].ClCCl. The van der Waals surface area contributed by atoms with Gasteiger partial charge in [-0.15, -0.1) is 23.2 Å². The van der Waals surface area contributed by atoms with Crippen molar-refractivity contribution in [2.75, 3.05) is 11.9 Å². The molecule has 0 rings (SSSR count). The molecule has 0 aromatic rings. The Balaban J connectivity index is 0. The van der Waals surface area contributed by atoms with Crippen LogP contribution in [0.25, 0.3) is 10.4 Å². The zero-order valence-electron chi connectivity index (χ0n) is 6.63. The molecule has 0 aliphatic rings. The lowest BCUT2D eigenvalue weighted by atomic mass is 10.3. The first-order chi connectivity index (χ1) is 5.33. The molecule has 0 heterocycles. The van der Waals surface area contributed by atoms with Crippen LogP contribution in [0.2, 0.25) is 0 Å². The lowest BCUT2D eigenvalue weighted by Crippen LogP contribution is -1.76. The Morgan fingerprint density at radius 2 is 1.91 bits per heavy atom. The quantitative estimate of drug-likeness (QED) is 0.216. The third-order valence-corrected chi connectivity index (χ3v) is 0.925. The molecule has 0 amide bonds. The van der Waals surface area contributed by atoms with Gasteiger partial charge in [-0.05, 0) is 12.0 Å². The topological polar surface area (TPSA) is 48.8 Å². The van der Waals surface area contributed by atoms with Gasteiger partial charge in [-0.25, -0.2) is 0 Å². The molecule has 0 aromatic carbocycles. The normalized spacial score (nSPS) is 7.55. The van der Waals surface area contributed by atoms with E-state index in [0.717, 1.165) is 6.42 Å². The van der Waals surface area contributed by atoms with Crippen molar-refractivity contribution in [1.29, 1.82) is 0 Å². The molecule has 0 atom stereocenters. The molecule has 0 saturated heterocycles. The molecule has 0 saturated carbocycles. The van der Waals surface area contributed by atoms with Gasteiger partial charge in [-0.2, -0.15) is 0 Å². The second-order valence-corrected chi connectivity index (χ2v) is 2.57. The second-order valence-electron chi connectivity index (χ2n) is 1.76. The minimum absolute atomic E-state index is 0.194. The zero-order valence-corrected chi connectivity index (χ0v) is 8.14. The van der Waals surface area contributed by atoms with Gasteiger partial charge in [0.15, 0.2) is 0 Å². The highest BCUT2D eigenvalue weighted by Crippen LogP contribution is 1.92. The Kier molecular flexibility index (Phi) is 20.2. The monoisotopic (exact) mass is 197 g/mol. The third kappa shape index (κ3) is 25.7. The smallest absolute Gasteiger partial charge is 0.0967 e. The average Bonchev–Trinajstić information content (AvgIpc) is 2.00. The van der Waals surface area contributed by atoms with E-state index >= 15 is 0 Å². The van der Waals surface area contributed by atoms with Gasteiger partial charge in [-0.3, -0.25) is 0 Å². The Hall–Kier alpha value is -0.110. The van der Waals surface area contributed by atoms with E-state index in [1.165, 1.54) is 12.8 Å². The molecule has 5 heteroatoms. The largest absolute Gasteiger partial charge is 0.109 e. The second kappa shape index (κ2) is 16.5. The van der Waals surface area contributed by atoms with E-state index in [4.69, 9.17) is 28.7 Å². The summed E-state index contributed by atoms with van der Waals surface area (Å²) in [6.45, 7) is 2.78. The van der Waals surface area contributed by atoms with Crippen LogP contribution in [0.3, 0.4) is 0 Å². The highest BCUT2D eigenvalue weighted by molar-refractivity contribution is 6.40. The molecule has 0 bridgehead atoms. The van der Waals surface area contributed by atoms with Crippen LogP contribution < -0.4 is 0 Å². The number of nitrogens with zero attached hydrogens (tertiary/aromatic N) is 3. The number of halogens is 2. The average molecular weight is 198 g/mol. The predicted octanol–water partition coefficient (Wildman–Crippen LogP) is 3.91. The summed E-state index contributed by atoms with van der Waals surface area (Å²) in [6, 6.07) is 0. The summed E-state index contributed by atoms with van der Waals surface area (Å²) in [4.78, 5) is 2.63. The predicted molar refractivity (Wildman–Crippen MR) is 50.1 cm³/mol. The Morgan fingerprint density at radius 1 is 1.36 bits per heavy atom. The summed E-state index contributed by atoms with van der Waals surface area (Å²) < 4.78 is 0. The van der Waals surface area contributed by atoms with E-state index in [-0.39, 0.29) is 5.34 Å². The number of hydrogen-bond acceptors (Lipinski definition) is 1. The number of rotatable bonds is 4. The third-order valence-electron chi connectivity index (χ3n) is 0.925. The van der Waals surface area contributed by atoms with E-state index in [9.17, 15) is 0 Å². The molecule has 3 nitrogen and oxygen atoms in total. The van der Waals surface area contributed by atoms with Gasteiger partial charge in [0.2, 0.25) is 0 Å². The zero-order chi connectivity index (χ0) is 8.95. The minimum atomic E-state index is 0.194. The van der Waals surface area contributed by atoms with Crippen molar-refractivity contribution in [2.45, 2.75) is 26.2 Å². The molecule has 0 aromatic heterocycles. The van der Waals surface area contributed by atoms with Crippen LogP contribution in [-0.4, -0.2) is 11.9 Å². The summed E-state index contributed by atoms with van der Waals surface area (Å²) >= 11 is 9.53. The summed E-state index contributed by atoms with van der Waals surface area (Å²) in [6.07, 6.45) is 3.38. The number of hydrogen-bond donors (Lipinski definition) is 0. The van der Waals surface area contributed by atoms with Crippen LogP contribution in [0.5, 0.6) is 0 Å². The molecule has 0 N–H and O–H groups in total. The molecular formula is C6H13Cl2N3. The fraction of sp³-hybridized carbons (Fsp3) is 1.00. The molecule has 0 aliphatic carbocycles. The fourth-order valence-corrected chi connectivity index (χ4v) is 0.477. The van der Waals surface area contributed by atoms with Crippen molar-refractivity contribution in [2.24, 2.45) is 5.11 Å². The maximum Gasteiger partial charge on any atom is 0.0967 e. The highest BCUT2D eigenvalue weighted by Gasteiger charge is 1.79. The Morgan fingerprint density at radius 3 is 2.27 bits per heavy atom. The molecule has 0 fully saturated rings. The van der Waals surface area contributed by atoms with Crippen molar-refractivity contribution in [3.63, 3.8) is 0 Å². The van der Waals surface area contributed by atoms with Crippen LogP contribution in [0.15, 0.2) is 5.11 Å². The van der Waals surface area contributed by atoms with Crippen molar-refractivity contribution in [1.82, 2.24) is 0 Å². The Labute approximate surface area is 77.3 Å². The van der Waals surface area contributed by atoms with Gasteiger partial charge in [0.05, 0.1) is 5.34 Å². The van der Waals surface area contributed by atoms with E-state index < -0.39 is 0 Å². The highest BCUT2D eigenvalue weighted by atomic mass is 35.5. The first-order valence-corrected chi connectivity index (χ1v) is 4.53.